The standard InChI is InChI=1S/C16H15FO2S/c1-11(18)12-6-7-16(19-2)13(8-12)10-20-15-5-3-4-14(17)9-15/h3-9H,10H2,1-2H3. The molecule has 0 bridgehead atoms. The van der Waals surface area contributed by atoms with Crippen molar-refractivity contribution < 1.29 is 13.9 Å². The maximum atomic E-state index is 13.1. The second-order valence-corrected chi connectivity index (χ2v) is 5.38. The summed E-state index contributed by atoms with van der Waals surface area (Å²) < 4.78 is 18.4. The van der Waals surface area contributed by atoms with Crippen LogP contribution in [0.25, 0.3) is 0 Å². The lowest BCUT2D eigenvalue weighted by atomic mass is 10.1. The average Bonchev–Trinajstić information content (AvgIpc) is 2.44. The Bertz CT molecular complexity index is 626. The predicted molar refractivity (Wildman–Crippen MR) is 79.0 cm³/mol. The van der Waals surface area contributed by atoms with E-state index >= 15 is 0 Å². The van der Waals surface area contributed by atoms with Gasteiger partial charge in [-0.15, -0.1) is 11.8 Å². The molecule has 0 atom stereocenters. The first-order valence-electron chi connectivity index (χ1n) is 6.16. The summed E-state index contributed by atoms with van der Waals surface area (Å²) in [6.07, 6.45) is 0. The molecular formula is C16H15FO2S. The Morgan fingerprint density at radius 3 is 2.70 bits per heavy atom. The number of ether oxygens (including phenoxy) is 1. The van der Waals surface area contributed by atoms with Gasteiger partial charge in [0.1, 0.15) is 11.6 Å². The molecular weight excluding hydrogens is 275 g/mol. The molecule has 2 nitrogen and oxygen atoms in total. The predicted octanol–water partition coefficient (Wildman–Crippen LogP) is 4.33. The van der Waals surface area contributed by atoms with Crippen LogP contribution in [0.2, 0.25) is 0 Å². The van der Waals surface area contributed by atoms with Crippen molar-refractivity contribution in [3.63, 3.8) is 0 Å². The number of carbonyl (C=O) groups is 1. The quantitative estimate of drug-likeness (QED) is 0.605. The van der Waals surface area contributed by atoms with Crippen molar-refractivity contribution >= 4 is 17.5 Å². The molecule has 0 heterocycles. The zero-order chi connectivity index (χ0) is 14.5. The van der Waals surface area contributed by atoms with Crippen LogP contribution in [0.4, 0.5) is 4.39 Å². The Balaban J connectivity index is 2.19. The van der Waals surface area contributed by atoms with Crippen molar-refractivity contribution in [2.45, 2.75) is 17.6 Å². The van der Waals surface area contributed by atoms with Gasteiger partial charge < -0.3 is 4.74 Å². The minimum Gasteiger partial charge on any atom is -0.496 e. The first kappa shape index (κ1) is 14.6. The van der Waals surface area contributed by atoms with Gasteiger partial charge in [0.2, 0.25) is 0 Å². The summed E-state index contributed by atoms with van der Waals surface area (Å²) in [5, 5.41) is 0. The molecule has 2 rings (SSSR count). The van der Waals surface area contributed by atoms with Crippen LogP contribution in [0.15, 0.2) is 47.4 Å². The van der Waals surface area contributed by atoms with Gasteiger partial charge in [-0.1, -0.05) is 6.07 Å². The van der Waals surface area contributed by atoms with Crippen molar-refractivity contribution in [3.8, 4) is 5.75 Å². The molecule has 4 heteroatoms. The molecule has 0 amide bonds. The van der Waals surface area contributed by atoms with Gasteiger partial charge in [-0.3, -0.25) is 4.79 Å². The number of Topliss-reactive ketones (excluding diaryl/α,β-unsaturated/α-hetero) is 1. The molecule has 0 radical (unpaired) electrons. The number of halogens is 1. The third-order valence-corrected chi connectivity index (χ3v) is 3.92. The van der Waals surface area contributed by atoms with Crippen molar-refractivity contribution in [3.05, 3.63) is 59.4 Å². The maximum absolute atomic E-state index is 13.1. The molecule has 0 saturated heterocycles. The van der Waals surface area contributed by atoms with Gasteiger partial charge in [0.05, 0.1) is 7.11 Å². The summed E-state index contributed by atoms with van der Waals surface area (Å²) in [4.78, 5) is 12.3. The van der Waals surface area contributed by atoms with E-state index in [1.165, 1.54) is 30.8 Å². The number of ketones is 1. The lowest BCUT2D eigenvalue weighted by molar-refractivity contribution is 0.101. The summed E-state index contributed by atoms with van der Waals surface area (Å²) in [6, 6.07) is 11.8. The van der Waals surface area contributed by atoms with Crippen LogP contribution >= 0.6 is 11.8 Å². The summed E-state index contributed by atoms with van der Waals surface area (Å²) in [5.74, 6) is 1.12. The van der Waals surface area contributed by atoms with Crippen LogP contribution in [-0.4, -0.2) is 12.9 Å². The number of thioether (sulfide) groups is 1. The highest BCUT2D eigenvalue weighted by molar-refractivity contribution is 7.98. The van der Waals surface area contributed by atoms with E-state index in [-0.39, 0.29) is 11.6 Å². The molecule has 0 unspecified atom stereocenters. The zero-order valence-corrected chi connectivity index (χ0v) is 12.2. The number of methoxy groups -OCH3 is 1. The molecule has 0 N–H and O–H groups in total. The van der Waals surface area contributed by atoms with Crippen LogP contribution in [0.3, 0.4) is 0 Å². The Hall–Kier alpha value is -1.81. The summed E-state index contributed by atoms with van der Waals surface area (Å²) in [6.45, 7) is 1.53. The molecule has 2 aromatic carbocycles. The van der Waals surface area contributed by atoms with Crippen molar-refractivity contribution in [1.82, 2.24) is 0 Å². The summed E-state index contributed by atoms with van der Waals surface area (Å²) in [5.41, 5.74) is 1.58. The van der Waals surface area contributed by atoms with Crippen LogP contribution in [-0.2, 0) is 5.75 Å². The molecule has 104 valence electrons. The topological polar surface area (TPSA) is 26.3 Å². The smallest absolute Gasteiger partial charge is 0.159 e. The van der Waals surface area contributed by atoms with Gasteiger partial charge in [0.25, 0.3) is 0 Å². The lowest BCUT2D eigenvalue weighted by Crippen LogP contribution is -1.96. The van der Waals surface area contributed by atoms with E-state index in [1.807, 2.05) is 12.1 Å². The van der Waals surface area contributed by atoms with Gasteiger partial charge >= 0.3 is 0 Å². The second-order valence-electron chi connectivity index (χ2n) is 4.33. The zero-order valence-electron chi connectivity index (χ0n) is 11.4. The minimum absolute atomic E-state index is 0.0182. The van der Waals surface area contributed by atoms with E-state index in [1.54, 1.807) is 25.3 Å². The third-order valence-electron chi connectivity index (χ3n) is 2.88. The van der Waals surface area contributed by atoms with E-state index in [4.69, 9.17) is 4.74 Å². The van der Waals surface area contributed by atoms with Crippen molar-refractivity contribution in [1.29, 1.82) is 0 Å². The van der Waals surface area contributed by atoms with Gasteiger partial charge in [0, 0.05) is 21.8 Å². The van der Waals surface area contributed by atoms with Crippen molar-refractivity contribution in [2.75, 3.05) is 7.11 Å². The largest absolute Gasteiger partial charge is 0.496 e. The van der Waals surface area contributed by atoms with E-state index in [0.29, 0.717) is 11.3 Å². The molecule has 20 heavy (non-hydrogen) atoms. The molecule has 0 aliphatic rings. The molecule has 2 aromatic rings. The molecule has 0 fully saturated rings. The molecule has 0 aliphatic heterocycles. The number of benzene rings is 2. The Labute approximate surface area is 122 Å². The van der Waals surface area contributed by atoms with E-state index in [2.05, 4.69) is 0 Å². The summed E-state index contributed by atoms with van der Waals surface area (Å²) in [7, 11) is 1.60. The van der Waals surface area contributed by atoms with E-state index in [0.717, 1.165) is 16.2 Å². The molecule has 0 aliphatic carbocycles. The van der Waals surface area contributed by atoms with Crippen LogP contribution in [0, 0.1) is 5.82 Å². The first-order valence-corrected chi connectivity index (χ1v) is 7.15. The number of rotatable bonds is 5. The molecule has 0 aromatic heterocycles. The number of hydrogen-bond donors (Lipinski definition) is 0. The van der Waals surface area contributed by atoms with Crippen LogP contribution < -0.4 is 4.74 Å². The summed E-state index contributed by atoms with van der Waals surface area (Å²) >= 11 is 1.51. The maximum Gasteiger partial charge on any atom is 0.159 e. The Kier molecular flexibility index (Phi) is 4.79. The van der Waals surface area contributed by atoms with E-state index < -0.39 is 0 Å². The number of hydrogen-bond acceptors (Lipinski definition) is 3. The monoisotopic (exact) mass is 290 g/mol. The lowest BCUT2D eigenvalue weighted by Gasteiger charge is -2.09. The first-order chi connectivity index (χ1) is 9.60. The second kappa shape index (κ2) is 6.57. The highest BCUT2D eigenvalue weighted by Crippen LogP contribution is 2.29. The highest BCUT2D eigenvalue weighted by atomic mass is 32.2. The Morgan fingerprint density at radius 1 is 1.25 bits per heavy atom. The fourth-order valence-corrected chi connectivity index (χ4v) is 2.75. The fourth-order valence-electron chi connectivity index (χ4n) is 1.83. The average molecular weight is 290 g/mol. The Morgan fingerprint density at radius 2 is 2.05 bits per heavy atom. The normalized spacial score (nSPS) is 10.3. The van der Waals surface area contributed by atoms with Crippen molar-refractivity contribution in [2.24, 2.45) is 0 Å². The fraction of sp³-hybridized carbons (Fsp3) is 0.188. The van der Waals surface area contributed by atoms with E-state index in [9.17, 15) is 9.18 Å². The van der Waals surface area contributed by atoms with Gasteiger partial charge in [-0.25, -0.2) is 4.39 Å². The van der Waals surface area contributed by atoms with Crippen LogP contribution in [0.1, 0.15) is 22.8 Å². The van der Waals surface area contributed by atoms with Gasteiger partial charge in [-0.05, 0) is 43.3 Å². The third kappa shape index (κ3) is 3.61. The molecule has 0 spiro atoms. The minimum atomic E-state index is -0.251. The highest BCUT2D eigenvalue weighted by Gasteiger charge is 2.08. The van der Waals surface area contributed by atoms with Gasteiger partial charge in [-0.2, -0.15) is 0 Å². The van der Waals surface area contributed by atoms with Gasteiger partial charge in [0.15, 0.2) is 5.78 Å². The SMILES string of the molecule is COc1ccc(C(C)=O)cc1CSc1cccc(F)c1. The van der Waals surface area contributed by atoms with Crippen LogP contribution in [0.5, 0.6) is 5.75 Å². The molecule has 0 saturated carbocycles. The number of carbonyl (C=O) groups excluding carboxylic acids is 1.